The normalized spacial score (nSPS) is 13.4. The summed E-state index contributed by atoms with van der Waals surface area (Å²) in [4.78, 5) is 12.8. The van der Waals surface area contributed by atoms with Gasteiger partial charge in [0.05, 0.1) is 5.41 Å². The average molecular weight is 309 g/mol. The molecule has 1 N–H and O–H groups in total. The van der Waals surface area contributed by atoms with E-state index in [1.54, 1.807) is 0 Å². The molecule has 0 spiro atoms. The average Bonchev–Trinajstić information content (AvgIpc) is 2.53. The number of aryl methyl sites for hydroxylation is 3. The fraction of sp³-hybridized carbons (Fsp3) is 0.381. The van der Waals surface area contributed by atoms with Crippen LogP contribution in [0.4, 0.5) is 5.69 Å². The summed E-state index contributed by atoms with van der Waals surface area (Å²) >= 11 is 0. The Balaban J connectivity index is 2.15. The van der Waals surface area contributed by atoms with Crippen LogP contribution in [0.15, 0.2) is 42.5 Å². The predicted octanol–water partition coefficient (Wildman–Crippen LogP) is 5.21. The van der Waals surface area contributed by atoms with Crippen LogP contribution < -0.4 is 5.32 Å². The van der Waals surface area contributed by atoms with E-state index in [9.17, 15) is 4.79 Å². The molecule has 0 unspecified atom stereocenters. The van der Waals surface area contributed by atoms with Crippen molar-refractivity contribution in [3.63, 3.8) is 0 Å². The number of carbonyl (C=O) groups excluding carboxylic acids is 1. The van der Waals surface area contributed by atoms with Gasteiger partial charge in [-0.25, -0.2) is 0 Å². The first-order chi connectivity index (χ1) is 10.8. The van der Waals surface area contributed by atoms with Crippen LogP contribution in [0, 0.1) is 26.2 Å². The van der Waals surface area contributed by atoms with Crippen LogP contribution in [0.5, 0.6) is 0 Å². The van der Waals surface area contributed by atoms with Gasteiger partial charge in [0.25, 0.3) is 0 Å². The van der Waals surface area contributed by atoms with E-state index in [0.717, 1.165) is 18.5 Å². The summed E-state index contributed by atoms with van der Waals surface area (Å²) in [7, 11) is 0. The summed E-state index contributed by atoms with van der Waals surface area (Å²) in [5.74, 6) is 0.0869. The highest BCUT2D eigenvalue weighted by Crippen LogP contribution is 2.29. The number of nitrogens with one attached hydrogen (secondary N) is 1. The molecule has 0 aromatic heterocycles. The standard InChI is InChI=1S/C21H27NO/c1-6-21(5,14-18-10-7-15(2)8-11-18)20(23)22-19-12-9-16(3)17(4)13-19/h7-13H,6,14H2,1-5H3,(H,22,23)/t21-/m1/s1. The van der Waals surface area contributed by atoms with Gasteiger partial charge in [0.2, 0.25) is 5.91 Å². The smallest absolute Gasteiger partial charge is 0.230 e. The third kappa shape index (κ3) is 4.22. The lowest BCUT2D eigenvalue weighted by Crippen LogP contribution is -2.35. The molecule has 0 saturated heterocycles. The van der Waals surface area contributed by atoms with E-state index in [4.69, 9.17) is 0 Å². The van der Waals surface area contributed by atoms with Crippen molar-refractivity contribution >= 4 is 11.6 Å². The quantitative estimate of drug-likeness (QED) is 0.807. The lowest BCUT2D eigenvalue weighted by atomic mass is 9.80. The number of amides is 1. The van der Waals surface area contributed by atoms with Gasteiger partial charge in [0.1, 0.15) is 0 Å². The van der Waals surface area contributed by atoms with Gasteiger partial charge in [0, 0.05) is 5.69 Å². The maximum Gasteiger partial charge on any atom is 0.230 e. The Labute approximate surface area is 139 Å². The second-order valence-corrected chi connectivity index (χ2v) is 6.83. The fourth-order valence-electron chi connectivity index (χ4n) is 2.62. The van der Waals surface area contributed by atoms with Crippen LogP contribution in [0.25, 0.3) is 0 Å². The van der Waals surface area contributed by atoms with Crippen molar-refractivity contribution < 1.29 is 4.79 Å². The molecule has 2 aromatic carbocycles. The molecule has 122 valence electrons. The van der Waals surface area contributed by atoms with Crippen molar-refractivity contribution in [1.82, 2.24) is 0 Å². The van der Waals surface area contributed by atoms with Gasteiger partial charge >= 0.3 is 0 Å². The molecule has 0 fully saturated rings. The molecule has 2 heteroatoms. The lowest BCUT2D eigenvalue weighted by molar-refractivity contribution is -0.124. The van der Waals surface area contributed by atoms with E-state index in [0.29, 0.717) is 0 Å². The third-order valence-electron chi connectivity index (χ3n) is 4.81. The Kier molecular flexibility index (Phi) is 5.25. The summed E-state index contributed by atoms with van der Waals surface area (Å²) in [5, 5.41) is 3.09. The Hall–Kier alpha value is -2.09. The van der Waals surface area contributed by atoms with Gasteiger partial charge in [0.15, 0.2) is 0 Å². The van der Waals surface area contributed by atoms with E-state index >= 15 is 0 Å². The summed E-state index contributed by atoms with van der Waals surface area (Å²) < 4.78 is 0. The van der Waals surface area contributed by atoms with Gasteiger partial charge in [-0.2, -0.15) is 0 Å². The van der Waals surface area contributed by atoms with Crippen LogP contribution >= 0.6 is 0 Å². The number of rotatable bonds is 5. The summed E-state index contributed by atoms with van der Waals surface area (Å²) in [6.07, 6.45) is 1.55. The molecule has 0 radical (unpaired) electrons. The number of hydrogen-bond donors (Lipinski definition) is 1. The van der Waals surface area contributed by atoms with Crippen LogP contribution in [0.2, 0.25) is 0 Å². The molecule has 2 rings (SSSR count). The third-order valence-corrected chi connectivity index (χ3v) is 4.81. The zero-order valence-electron chi connectivity index (χ0n) is 14.9. The van der Waals surface area contributed by atoms with Crippen molar-refractivity contribution in [2.75, 3.05) is 5.32 Å². The lowest BCUT2D eigenvalue weighted by Gasteiger charge is -2.27. The van der Waals surface area contributed by atoms with E-state index in [2.05, 4.69) is 57.3 Å². The van der Waals surface area contributed by atoms with E-state index < -0.39 is 5.41 Å². The van der Waals surface area contributed by atoms with Crippen LogP contribution in [0.1, 0.15) is 42.5 Å². The second kappa shape index (κ2) is 6.99. The Morgan fingerprint density at radius 2 is 1.65 bits per heavy atom. The molecule has 0 aliphatic heterocycles. The predicted molar refractivity (Wildman–Crippen MR) is 97.8 cm³/mol. The first kappa shape index (κ1) is 17.3. The number of anilines is 1. The minimum atomic E-state index is -0.409. The van der Waals surface area contributed by atoms with Crippen molar-refractivity contribution in [2.24, 2.45) is 5.41 Å². The van der Waals surface area contributed by atoms with Crippen LogP contribution in [-0.4, -0.2) is 5.91 Å². The maximum atomic E-state index is 12.8. The molecule has 0 aliphatic rings. The summed E-state index contributed by atoms with van der Waals surface area (Å²) in [6, 6.07) is 14.5. The number of hydrogen-bond acceptors (Lipinski definition) is 1. The SMILES string of the molecule is CC[C@](C)(Cc1ccc(C)cc1)C(=O)Nc1ccc(C)c(C)c1. The van der Waals surface area contributed by atoms with Crippen molar-refractivity contribution in [2.45, 2.75) is 47.5 Å². The van der Waals surface area contributed by atoms with Gasteiger partial charge in [-0.1, -0.05) is 49.7 Å². The minimum Gasteiger partial charge on any atom is -0.326 e. The van der Waals surface area contributed by atoms with E-state index in [1.807, 2.05) is 25.1 Å². The topological polar surface area (TPSA) is 29.1 Å². The first-order valence-corrected chi connectivity index (χ1v) is 8.28. The summed E-state index contributed by atoms with van der Waals surface area (Å²) in [6.45, 7) is 10.3. The maximum absolute atomic E-state index is 12.8. The highest BCUT2D eigenvalue weighted by Gasteiger charge is 2.31. The zero-order chi connectivity index (χ0) is 17.0. The zero-order valence-corrected chi connectivity index (χ0v) is 14.9. The molecular weight excluding hydrogens is 282 g/mol. The van der Waals surface area contributed by atoms with Crippen LogP contribution in [-0.2, 0) is 11.2 Å². The molecule has 0 aliphatic carbocycles. The molecule has 0 bridgehead atoms. The van der Waals surface area contributed by atoms with Crippen molar-refractivity contribution in [3.8, 4) is 0 Å². The van der Waals surface area contributed by atoms with Gasteiger partial charge in [-0.05, 0) is 62.4 Å². The highest BCUT2D eigenvalue weighted by atomic mass is 16.2. The summed E-state index contributed by atoms with van der Waals surface area (Å²) in [5.41, 5.74) is 5.34. The van der Waals surface area contributed by atoms with Crippen molar-refractivity contribution in [1.29, 1.82) is 0 Å². The Morgan fingerprint density at radius 1 is 1.00 bits per heavy atom. The molecule has 1 amide bonds. The monoisotopic (exact) mass is 309 g/mol. The molecule has 23 heavy (non-hydrogen) atoms. The Bertz CT molecular complexity index is 687. The molecule has 1 atom stereocenters. The van der Waals surface area contributed by atoms with Gasteiger partial charge in [-0.3, -0.25) is 4.79 Å². The number of carbonyl (C=O) groups is 1. The van der Waals surface area contributed by atoms with E-state index in [1.165, 1.54) is 22.3 Å². The Morgan fingerprint density at radius 3 is 2.22 bits per heavy atom. The van der Waals surface area contributed by atoms with Crippen molar-refractivity contribution in [3.05, 3.63) is 64.7 Å². The molecule has 0 saturated carbocycles. The molecule has 0 heterocycles. The molecule has 2 nitrogen and oxygen atoms in total. The fourth-order valence-corrected chi connectivity index (χ4v) is 2.62. The molecular formula is C21H27NO. The van der Waals surface area contributed by atoms with E-state index in [-0.39, 0.29) is 5.91 Å². The first-order valence-electron chi connectivity index (χ1n) is 8.28. The largest absolute Gasteiger partial charge is 0.326 e. The molecule has 2 aromatic rings. The minimum absolute atomic E-state index is 0.0869. The number of benzene rings is 2. The second-order valence-electron chi connectivity index (χ2n) is 6.83. The van der Waals surface area contributed by atoms with Crippen LogP contribution in [0.3, 0.4) is 0 Å². The highest BCUT2D eigenvalue weighted by molar-refractivity contribution is 5.95. The van der Waals surface area contributed by atoms with Gasteiger partial charge in [-0.15, -0.1) is 0 Å². The van der Waals surface area contributed by atoms with Gasteiger partial charge < -0.3 is 5.32 Å².